The highest BCUT2D eigenvalue weighted by atomic mass is 32.2. The van der Waals surface area contributed by atoms with Crippen LogP contribution in [0.1, 0.15) is 65.2 Å². The van der Waals surface area contributed by atoms with Gasteiger partial charge in [0.15, 0.2) is 0 Å². The summed E-state index contributed by atoms with van der Waals surface area (Å²) < 4.78 is 62.3. The molecule has 0 bridgehead atoms. The third kappa shape index (κ3) is 7.12. The summed E-state index contributed by atoms with van der Waals surface area (Å²) in [7, 11) is -3.27. The Morgan fingerprint density at radius 3 is 2.12 bits per heavy atom. The summed E-state index contributed by atoms with van der Waals surface area (Å²) in [5, 5.41) is 13.7. The van der Waals surface area contributed by atoms with Gasteiger partial charge in [-0.1, -0.05) is 53.7 Å². The number of aromatic nitrogens is 2. The Morgan fingerprint density at radius 2 is 1.57 bits per heavy atom. The summed E-state index contributed by atoms with van der Waals surface area (Å²) in [6.07, 6.45) is 5.18. The van der Waals surface area contributed by atoms with Crippen LogP contribution in [0.2, 0.25) is 16.6 Å². The molecule has 0 saturated heterocycles. The van der Waals surface area contributed by atoms with Gasteiger partial charge in [0.25, 0.3) is 8.32 Å². The van der Waals surface area contributed by atoms with Crippen LogP contribution in [0.25, 0.3) is 21.7 Å². The van der Waals surface area contributed by atoms with Crippen molar-refractivity contribution in [3.8, 4) is 23.1 Å². The smallest absolute Gasteiger partial charge is 0.258 e. The lowest BCUT2D eigenvalue weighted by Gasteiger charge is -2.42. The fourth-order valence-electron chi connectivity index (χ4n) is 7.76. The number of benzene rings is 3. The number of pyridine rings is 1. The van der Waals surface area contributed by atoms with Gasteiger partial charge in [-0.05, 0) is 71.4 Å². The van der Waals surface area contributed by atoms with E-state index in [9.17, 15) is 17.9 Å². The molecule has 0 spiro atoms. The van der Waals surface area contributed by atoms with Crippen LogP contribution >= 0.6 is 0 Å². The molecule has 274 valence electrons. The Kier molecular flexibility index (Phi) is 11.0. The van der Waals surface area contributed by atoms with Crippen molar-refractivity contribution < 1.29 is 31.8 Å². The maximum atomic E-state index is 13.8. The van der Waals surface area contributed by atoms with Crippen LogP contribution in [0.4, 0.5) is 10.1 Å². The van der Waals surface area contributed by atoms with Gasteiger partial charge in [-0.25, -0.2) is 12.8 Å². The maximum absolute atomic E-state index is 13.8. The quantitative estimate of drug-likeness (QED) is 0.114. The fourth-order valence-corrected chi connectivity index (χ4v) is 14.0. The third-order valence-corrected chi connectivity index (χ3v) is 17.2. The minimum absolute atomic E-state index is 0.0677. The van der Waals surface area contributed by atoms with Crippen LogP contribution in [0, 0.1) is 5.82 Å². The fraction of sp³-hybridized carbons (Fsp3) is 0.410. The monoisotopic (exact) mass is 735 g/mol. The molecule has 0 atom stereocenters. The van der Waals surface area contributed by atoms with E-state index in [4.69, 9.17) is 18.9 Å². The van der Waals surface area contributed by atoms with Gasteiger partial charge in [-0.3, -0.25) is 9.29 Å². The first-order valence-electron chi connectivity index (χ1n) is 17.4. The number of rotatable bonds is 14. The molecule has 3 aromatic carbocycles. The molecule has 0 radical (unpaired) electrons. The van der Waals surface area contributed by atoms with Crippen molar-refractivity contribution in [3.63, 3.8) is 0 Å². The molecule has 12 heteroatoms. The van der Waals surface area contributed by atoms with E-state index >= 15 is 0 Å². The first-order chi connectivity index (χ1) is 24.1. The first-order valence-corrected chi connectivity index (χ1v) is 21.3. The van der Waals surface area contributed by atoms with Crippen molar-refractivity contribution in [2.45, 2.75) is 78.1 Å². The number of methoxy groups -OCH3 is 2. The van der Waals surface area contributed by atoms with Gasteiger partial charge in [-0.2, -0.15) is 0 Å². The summed E-state index contributed by atoms with van der Waals surface area (Å²) in [5.74, 6) is 1.27. The molecule has 9 nitrogen and oxygen atoms in total. The Bertz CT molecular complexity index is 2130. The van der Waals surface area contributed by atoms with Crippen LogP contribution in [-0.4, -0.2) is 58.4 Å². The van der Waals surface area contributed by atoms with Gasteiger partial charge in [0.1, 0.15) is 28.6 Å². The number of hydrogen-bond acceptors (Lipinski definition) is 7. The molecule has 1 N–H and O–H groups in total. The molecule has 2 aromatic heterocycles. The van der Waals surface area contributed by atoms with Crippen molar-refractivity contribution in [1.29, 1.82) is 0 Å². The number of fused-ring (bicyclic) bond motifs is 2. The first kappa shape index (κ1) is 37.9. The molecule has 0 unspecified atom stereocenters. The third-order valence-electron chi connectivity index (χ3n) is 10.0. The number of anilines is 1. The topological polar surface area (TPSA) is 103 Å². The minimum atomic E-state index is -3.79. The molecular formula is C39H50FN3O6SSi. The zero-order valence-electron chi connectivity index (χ0n) is 31.2. The van der Waals surface area contributed by atoms with Gasteiger partial charge >= 0.3 is 0 Å². The molecule has 51 heavy (non-hydrogen) atoms. The number of aromatic hydroxyl groups is 1. The van der Waals surface area contributed by atoms with Crippen LogP contribution < -0.4 is 18.2 Å². The number of sulfonamides is 1. The predicted molar refractivity (Wildman–Crippen MR) is 206 cm³/mol. The summed E-state index contributed by atoms with van der Waals surface area (Å²) in [4.78, 5) is 4.99. The Hall–Kier alpha value is -4.29. The molecule has 2 heterocycles. The average Bonchev–Trinajstić information content (AvgIpc) is 3.39. The second-order valence-corrected chi connectivity index (χ2v) is 21.4. The van der Waals surface area contributed by atoms with Crippen molar-refractivity contribution >= 4 is 45.7 Å². The van der Waals surface area contributed by atoms with Gasteiger partial charge in [0.2, 0.25) is 15.9 Å². The van der Waals surface area contributed by atoms with Gasteiger partial charge in [-0.15, -0.1) is 0 Å². The SMILES string of the molecule is CCN(c1c2cc(Cc3ccc(F)cc3)cnc2c(O[Si](C(C)C)(C(C)C)C(C)C)c2c(O)n(Cc3ccc(OC)cc3OC)cc12)S(C)(=O)=O. The minimum Gasteiger partial charge on any atom is -0.541 e. The lowest BCUT2D eigenvalue weighted by atomic mass is 10.0. The molecule has 5 rings (SSSR count). The summed E-state index contributed by atoms with van der Waals surface area (Å²) in [6, 6.07) is 13.7. The molecule has 0 aliphatic carbocycles. The summed E-state index contributed by atoms with van der Waals surface area (Å²) in [5.41, 5.74) is 3.98. The number of halogens is 1. The standard InChI is InChI=1S/C39H50FN3O6SSi/c1-11-43(50(10,45)46)37-32-19-28(18-27-12-15-30(40)16-13-27)21-41-36(32)38(49-51(24(2)3,25(4)5)26(6)7)35-33(37)23-42(39(35)44)22-29-14-17-31(47-8)20-34(29)48-9/h12-17,19-21,23-26,44H,11,18,22H2,1-10H3. The van der Waals surface area contributed by atoms with E-state index in [1.165, 1.54) is 22.7 Å². The molecule has 0 amide bonds. The van der Waals surface area contributed by atoms with E-state index in [1.807, 2.05) is 18.2 Å². The number of hydrogen-bond donors (Lipinski definition) is 1. The second-order valence-electron chi connectivity index (χ2n) is 14.1. The lowest BCUT2D eigenvalue weighted by molar-refractivity contribution is 0.387. The highest BCUT2D eigenvalue weighted by Gasteiger charge is 2.48. The van der Waals surface area contributed by atoms with Crippen LogP contribution in [0.5, 0.6) is 23.1 Å². The van der Waals surface area contributed by atoms with Crippen LogP contribution in [-0.2, 0) is 23.0 Å². The molecular weight excluding hydrogens is 686 g/mol. The Labute approximate surface area is 302 Å². The maximum Gasteiger partial charge on any atom is 0.258 e. The number of nitrogens with zero attached hydrogens (tertiary/aromatic N) is 3. The van der Waals surface area contributed by atoms with Crippen molar-refractivity contribution in [2.24, 2.45) is 0 Å². The predicted octanol–water partition coefficient (Wildman–Crippen LogP) is 9.03. The van der Waals surface area contributed by atoms with Crippen molar-refractivity contribution in [3.05, 3.63) is 83.4 Å². The van der Waals surface area contributed by atoms with Gasteiger partial charge in [0, 0.05) is 41.3 Å². The average molecular weight is 736 g/mol. The largest absolute Gasteiger partial charge is 0.541 e. The van der Waals surface area contributed by atoms with Crippen LogP contribution in [0.3, 0.4) is 0 Å². The zero-order valence-corrected chi connectivity index (χ0v) is 33.1. The molecule has 0 saturated carbocycles. The van der Waals surface area contributed by atoms with E-state index in [-0.39, 0.29) is 41.4 Å². The molecule has 0 aliphatic rings. The van der Waals surface area contributed by atoms with E-state index in [0.29, 0.717) is 51.0 Å². The Morgan fingerprint density at radius 1 is 0.922 bits per heavy atom. The highest BCUT2D eigenvalue weighted by molar-refractivity contribution is 7.92. The van der Waals surface area contributed by atoms with Gasteiger partial charge < -0.3 is 23.6 Å². The molecule has 0 aliphatic heterocycles. The van der Waals surface area contributed by atoms with E-state index in [2.05, 4.69) is 41.5 Å². The second kappa shape index (κ2) is 14.7. The van der Waals surface area contributed by atoms with Crippen molar-refractivity contribution in [2.75, 3.05) is 31.3 Å². The number of ether oxygens (including phenoxy) is 2. The molecule has 0 fully saturated rings. The normalized spacial score (nSPS) is 12.4. The zero-order chi connectivity index (χ0) is 37.4. The van der Waals surface area contributed by atoms with E-state index in [1.54, 1.807) is 56.3 Å². The van der Waals surface area contributed by atoms with Crippen molar-refractivity contribution in [1.82, 2.24) is 9.55 Å². The van der Waals surface area contributed by atoms with Gasteiger partial charge in [0.05, 0.1) is 38.1 Å². The molecule has 5 aromatic rings. The van der Waals surface area contributed by atoms with E-state index < -0.39 is 18.3 Å². The van der Waals surface area contributed by atoms with E-state index in [0.717, 1.165) is 16.7 Å². The lowest BCUT2D eigenvalue weighted by Crippen LogP contribution is -2.50. The summed E-state index contributed by atoms with van der Waals surface area (Å²) in [6.45, 7) is 15.3. The van der Waals surface area contributed by atoms with Crippen LogP contribution in [0.15, 0.2) is 60.9 Å². The Balaban J connectivity index is 1.90. The summed E-state index contributed by atoms with van der Waals surface area (Å²) >= 11 is 0. The highest BCUT2D eigenvalue weighted by Crippen LogP contribution is 2.52.